The molecule has 1 fully saturated rings. The van der Waals surface area contributed by atoms with Gasteiger partial charge >= 0.3 is 0 Å². The lowest BCUT2D eigenvalue weighted by atomic mass is 10.0. The van der Waals surface area contributed by atoms with Crippen LogP contribution in [0.15, 0.2) is 47.2 Å². The van der Waals surface area contributed by atoms with Gasteiger partial charge in [-0.25, -0.2) is 9.97 Å². The van der Waals surface area contributed by atoms with Gasteiger partial charge in [0.25, 0.3) is 5.91 Å². The number of halogens is 3. The zero-order valence-electron chi connectivity index (χ0n) is 14.8. The molecule has 1 N–H and O–H groups in total. The zero-order chi connectivity index (χ0) is 19.7. The second-order valence-electron chi connectivity index (χ2n) is 6.69. The van der Waals surface area contributed by atoms with E-state index >= 15 is 0 Å². The van der Waals surface area contributed by atoms with Gasteiger partial charge in [-0.3, -0.25) is 4.79 Å². The Labute approximate surface area is 181 Å². The Bertz CT molecular complexity index is 1040. The van der Waals surface area contributed by atoms with Crippen LogP contribution in [-0.2, 0) is 0 Å². The maximum absolute atomic E-state index is 12.6. The summed E-state index contributed by atoms with van der Waals surface area (Å²) in [4.78, 5) is 23.6. The van der Waals surface area contributed by atoms with Crippen molar-refractivity contribution in [3.05, 3.63) is 62.8 Å². The van der Waals surface area contributed by atoms with Crippen LogP contribution in [-0.4, -0.2) is 35.0 Å². The lowest BCUT2D eigenvalue weighted by Gasteiger charge is -2.33. The predicted molar refractivity (Wildman–Crippen MR) is 116 cm³/mol. The number of nitrogens with one attached hydrogen (secondary N) is 1. The third-order valence-corrected chi connectivity index (χ3v) is 6.22. The topological polar surface area (TPSA) is 58.1 Å². The molecule has 1 saturated heterocycles. The molecule has 0 bridgehead atoms. The van der Waals surface area contributed by atoms with Crippen LogP contribution >= 0.6 is 39.1 Å². The first-order valence-electron chi connectivity index (χ1n) is 8.93. The third-order valence-electron chi connectivity index (χ3n) is 4.90. The van der Waals surface area contributed by atoms with Crippen molar-refractivity contribution in [2.45, 2.75) is 18.9 Å². The summed E-state index contributed by atoms with van der Waals surface area (Å²) in [7, 11) is 0. The molecule has 0 aliphatic carbocycles. The molecular weight excluding hydrogens is 463 g/mol. The van der Waals surface area contributed by atoms with Gasteiger partial charge in [0.1, 0.15) is 12.1 Å². The number of fused-ring (bicyclic) bond motifs is 1. The molecule has 3 aromatic rings. The summed E-state index contributed by atoms with van der Waals surface area (Å²) >= 11 is 15.6. The minimum absolute atomic E-state index is 0.0843. The number of aromatic nitrogens is 2. The summed E-state index contributed by atoms with van der Waals surface area (Å²) in [6.07, 6.45) is 3.25. The summed E-state index contributed by atoms with van der Waals surface area (Å²) in [5.41, 5.74) is 1.31. The SMILES string of the molecule is O=C(NC1CCN(c2ncnc3cc(Br)ccc23)CC1)c1cccc(Cl)c1Cl. The minimum atomic E-state index is -0.191. The van der Waals surface area contributed by atoms with E-state index in [1.54, 1.807) is 24.5 Å². The Morgan fingerprint density at radius 1 is 1.14 bits per heavy atom. The van der Waals surface area contributed by atoms with Gasteiger partial charge in [0.2, 0.25) is 0 Å². The molecule has 2 aromatic carbocycles. The molecule has 28 heavy (non-hydrogen) atoms. The highest BCUT2D eigenvalue weighted by Gasteiger charge is 2.24. The Morgan fingerprint density at radius 2 is 1.93 bits per heavy atom. The van der Waals surface area contributed by atoms with E-state index < -0.39 is 0 Å². The fraction of sp³-hybridized carbons (Fsp3) is 0.250. The van der Waals surface area contributed by atoms with Crippen LogP contribution in [0.3, 0.4) is 0 Å². The van der Waals surface area contributed by atoms with E-state index in [0.29, 0.717) is 10.6 Å². The van der Waals surface area contributed by atoms with Gasteiger partial charge in [0.15, 0.2) is 0 Å². The molecular formula is C20H17BrCl2N4O. The molecule has 144 valence electrons. The molecule has 5 nitrogen and oxygen atoms in total. The summed E-state index contributed by atoms with van der Waals surface area (Å²) in [5, 5.41) is 4.77. The smallest absolute Gasteiger partial charge is 0.253 e. The van der Waals surface area contributed by atoms with Gasteiger partial charge in [-0.05, 0) is 43.2 Å². The van der Waals surface area contributed by atoms with Crippen LogP contribution in [0.25, 0.3) is 10.9 Å². The van der Waals surface area contributed by atoms with Crippen LogP contribution in [0.4, 0.5) is 5.82 Å². The van der Waals surface area contributed by atoms with Crippen molar-refractivity contribution in [2.75, 3.05) is 18.0 Å². The quantitative estimate of drug-likeness (QED) is 0.567. The monoisotopic (exact) mass is 478 g/mol. The molecule has 0 atom stereocenters. The molecule has 2 heterocycles. The van der Waals surface area contributed by atoms with Crippen LogP contribution < -0.4 is 10.2 Å². The number of benzene rings is 2. The van der Waals surface area contributed by atoms with Crippen molar-refractivity contribution < 1.29 is 4.79 Å². The molecule has 0 saturated carbocycles. The molecule has 1 aliphatic heterocycles. The Morgan fingerprint density at radius 3 is 2.71 bits per heavy atom. The maximum Gasteiger partial charge on any atom is 0.253 e. The molecule has 0 radical (unpaired) electrons. The first-order valence-corrected chi connectivity index (χ1v) is 10.5. The lowest BCUT2D eigenvalue weighted by Crippen LogP contribution is -2.45. The fourth-order valence-electron chi connectivity index (χ4n) is 3.45. The highest BCUT2D eigenvalue weighted by Crippen LogP contribution is 2.28. The summed E-state index contributed by atoms with van der Waals surface area (Å²) in [5.74, 6) is 0.739. The molecule has 4 rings (SSSR count). The maximum atomic E-state index is 12.6. The van der Waals surface area contributed by atoms with Crippen molar-refractivity contribution >= 4 is 61.8 Å². The second-order valence-corrected chi connectivity index (χ2v) is 8.40. The van der Waals surface area contributed by atoms with Crippen molar-refractivity contribution in [3.8, 4) is 0 Å². The second kappa shape index (κ2) is 8.23. The number of carbonyl (C=O) groups is 1. The van der Waals surface area contributed by atoms with Gasteiger partial charge in [-0.2, -0.15) is 0 Å². The highest BCUT2D eigenvalue weighted by atomic mass is 79.9. The van der Waals surface area contributed by atoms with Gasteiger partial charge < -0.3 is 10.2 Å². The average molecular weight is 480 g/mol. The number of piperidine rings is 1. The summed E-state index contributed by atoms with van der Waals surface area (Å²) < 4.78 is 0.991. The summed E-state index contributed by atoms with van der Waals surface area (Å²) in [6.45, 7) is 1.60. The van der Waals surface area contributed by atoms with E-state index in [-0.39, 0.29) is 17.0 Å². The van der Waals surface area contributed by atoms with Crippen molar-refractivity contribution in [2.24, 2.45) is 0 Å². The van der Waals surface area contributed by atoms with Crippen LogP contribution in [0, 0.1) is 0 Å². The fourth-order valence-corrected chi connectivity index (χ4v) is 4.18. The third kappa shape index (κ3) is 3.95. The van der Waals surface area contributed by atoms with E-state index in [0.717, 1.165) is 47.1 Å². The van der Waals surface area contributed by atoms with E-state index in [4.69, 9.17) is 23.2 Å². The Balaban J connectivity index is 1.44. The van der Waals surface area contributed by atoms with Gasteiger partial charge in [0, 0.05) is 29.0 Å². The summed E-state index contributed by atoms with van der Waals surface area (Å²) in [6, 6.07) is 11.2. The van der Waals surface area contributed by atoms with Gasteiger partial charge in [0.05, 0.1) is 21.1 Å². The van der Waals surface area contributed by atoms with Gasteiger partial charge in [-0.15, -0.1) is 0 Å². The van der Waals surface area contributed by atoms with E-state index in [1.807, 2.05) is 18.2 Å². The minimum Gasteiger partial charge on any atom is -0.356 e. The number of carbonyl (C=O) groups excluding carboxylic acids is 1. The Kier molecular flexibility index (Phi) is 5.71. The molecule has 1 aromatic heterocycles. The first-order chi connectivity index (χ1) is 13.5. The van der Waals surface area contributed by atoms with Gasteiger partial charge in [-0.1, -0.05) is 45.2 Å². The molecule has 0 spiro atoms. The standard InChI is InChI=1S/C20H17BrCl2N4O/c21-12-4-5-14-17(10-12)24-11-25-19(14)27-8-6-13(7-9-27)26-20(28)15-2-1-3-16(22)18(15)23/h1-5,10-11,13H,6-9H2,(H,26,28). The number of amides is 1. The van der Waals surface area contributed by atoms with E-state index in [9.17, 15) is 4.79 Å². The number of anilines is 1. The predicted octanol–water partition coefficient (Wildman–Crippen LogP) is 5.10. The Hall–Kier alpha value is -1.89. The molecule has 1 aliphatic rings. The molecule has 8 heteroatoms. The van der Waals surface area contributed by atoms with Crippen molar-refractivity contribution in [1.29, 1.82) is 0 Å². The number of hydrogen-bond donors (Lipinski definition) is 1. The largest absolute Gasteiger partial charge is 0.356 e. The van der Waals surface area contributed by atoms with Crippen molar-refractivity contribution in [3.63, 3.8) is 0 Å². The lowest BCUT2D eigenvalue weighted by molar-refractivity contribution is 0.0931. The van der Waals surface area contributed by atoms with E-state index in [2.05, 4.69) is 36.1 Å². The van der Waals surface area contributed by atoms with Crippen molar-refractivity contribution in [1.82, 2.24) is 15.3 Å². The van der Waals surface area contributed by atoms with E-state index in [1.165, 1.54) is 0 Å². The number of hydrogen-bond acceptors (Lipinski definition) is 4. The molecule has 0 unspecified atom stereocenters. The normalized spacial score (nSPS) is 15.0. The van der Waals surface area contributed by atoms with Crippen LogP contribution in [0.2, 0.25) is 10.0 Å². The van der Waals surface area contributed by atoms with Crippen LogP contribution in [0.5, 0.6) is 0 Å². The zero-order valence-corrected chi connectivity index (χ0v) is 17.9. The first kappa shape index (κ1) is 19.4. The number of rotatable bonds is 3. The molecule has 1 amide bonds. The van der Waals surface area contributed by atoms with Crippen LogP contribution in [0.1, 0.15) is 23.2 Å². The highest BCUT2D eigenvalue weighted by molar-refractivity contribution is 9.10. The average Bonchev–Trinajstić information content (AvgIpc) is 2.70. The number of nitrogens with zero attached hydrogens (tertiary/aromatic N) is 3.